The number of morpholine rings is 1. The van der Waals surface area contributed by atoms with Gasteiger partial charge >= 0.3 is 0 Å². The molecule has 4 rings (SSSR count). The van der Waals surface area contributed by atoms with Crippen LogP contribution in [-0.4, -0.2) is 41.3 Å². The second kappa shape index (κ2) is 5.91. The molecule has 0 spiro atoms. The zero-order chi connectivity index (χ0) is 16.5. The highest BCUT2D eigenvalue weighted by Crippen LogP contribution is 2.34. The molecule has 3 aromatic rings. The average Bonchev–Trinajstić information content (AvgIpc) is 3.06. The van der Waals surface area contributed by atoms with E-state index in [4.69, 9.17) is 10.00 Å². The maximum absolute atomic E-state index is 13.8. The Labute approximate surface area is 137 Å². The summed E-state index contributed by atoms with van der Waals surface area (Å²) in [5, 5.41) is 9.91. The van der Waals surface area contributed by atoms with Gasteiger partial charge in [-0.2, -0.15) is 5.26 Å². The number of aromatic nitrogens is 3. The molecule has 3 heterocycles. The molecule has 1 aromatic carbocycles. The predicted molar refractivity (Wildman–Crippen MR) is 87.0 cm³/mol. The molecule has 1 N–H and O–H groups in total. The second-order valence-corrected chi connectivity index (χ2v) is 5.56. The molecular weight excluding hydrogens is 309 g/mol. The number of rotatable bonds is 2. The van der Waals surface area contributed by atoms with Crippen LogP contribution in [0, 0.1) is 17.1 Å². The molecule has 0 aliphatic carbocycles. The van der Waals surface area contributed by atoms with Crippen molar-refractivity contribution in [2.75, 3.05) is 31.2 Å². The molecule has 0 unspecified atom stereocenters. The van der Waals surface area contributed by atoms with Crippen molar-refractivity contribution >= 4 is 16.9 Å². The second-order valence-electron chi connectivity index (χ2n) is 5.56. The lowest BCUT2D eigenvalue weighted by molar-refractivity contribution is 0.122. The molecule has 0 bridgehead atoms. The monoisotopic (exact) mass is 323 g/mol. The maximum atomic E-state index is 13.8. The smallest absolute Gasteiger partial charge is 0.143 e. The van der Waals surface area contributed by atoms with Crippen LogP contribution in [0.2, 0.25) is 0 Å². The summed E-state index contributed by atoms with van der Waals surface area (Å²) in [6.07, 6.45) is 3.29. The highest BCUT2D eigenvalue weighted by Gasteiger charge is 2.20. The number of nitriles is 1. The zero-order valence-electron chi connectivity index (χ0n) is 12.8. The van der Waals surface area contributed by atoms with E-state index < -0.39 is 5.82 Å². The fourth-order valence-corrected chi connectivity index (χ4v) is 3.00. The van der Waals surface area contributed by atoms with Crippen molar-refractivity contribution in [2.45, 2.75) is 0 Å². The number of hydrogen-bond donors (Lipinski definition) is 1. The number of nitrogens with zero attached hydrogens (tertiary/aromatic N) is 4. The molecule has 120 valence electrons. The Kier molecular flexibility index (Phi) is 3.59. The van der Waals surface area contributed by atoms with Crippen LogP contribution >= 0.6 is 0 Å². The van der Waals surface area contributed by atoms with Crippen molar-refractivity contribution in [3.8, 4) is 17.2 Å². The lowest BCUT2D eigenvalue weighted by Crippen LogP contribution is -2.36. The minimum Gasteiger partial charge on any atom is -0.378 e. The highest BCUT2D eigenvalue weighted by molar-refractivity contribution is 6.01. The SMILES string of the molecule is N#Cc1cc(F)cc(-c2c[nH]c3ncnc(N4CCOCC4)c23)c1. The van der Waals surface area contributed by atoms with Gasteiger partial charge in [0.1, 0.15) is 23.6 Å². The maximum Gasteiger partial charge on any atom is 0.143 e. The first-order valence-electron chi connectivity index (χ1n) is 7.62. The fourth-order valence-electron chi connectivity index (χ4n) is 3.00. The summed E-state index contributed by atoms with van der Waals surface area (Å²) in [7, 11) is 0. The predicted octanol–water partition coefficient (Wildman–Crippen LogP) is 2.47. The van der Waals surface area contributed by atoms with Crippen LogP contribution in [0.25, 0.3) is 22.2 Å². The molecule has 2 aromatic heterocycles. The fraction of sp³-hybridized carbons (Fsp3) is 0.235. The number of fused-ring (bicyclic) bond motifs is 1. The van der Waals surface area contributed by atoms with Crippen molar-refractivity contribution in [3.05, 3.63) is 42.1 Å². The Balaban J connectivity index is 1.91. The summed E-state index contributed by atoms with van der Waals surface area (Å²) >= 11 is 0. The third kappa shape index (κ3) is 2.47. The van der Waals surface area contributed by atoms with Crippen LogP contribution in [0.5, 0.6) is 0 Å². The van der Waals surface area contributed by atoms with Crippen molar-refractivity contribution in [3.63, 3.8) is 0 Å². The van der Waals surface area contributed by atoms with Crippen molar-refractivity contribution in [1.82, 2.24) is 15.0 Å². The number of aromatic amines is 1. The normalized spacial score (nSPS) is 14.8. The molecule has 0 amide bonds. The topological polar surface area (TPSA) is 77.8 Å². The van der Waals surface area contributed by atoms with Crippen LogP contribution in [0.1, 0.15) is 5.56 Å². The summed E-state index contributed by atoms with van der Waals surface area (Å²) in [5.41, 5.74) is 2.37. The molecule has 1 fully saturated rings. The van der Waals surface area contributed by atoms with Crippen molar-refractivity contribution in [2.24, 2.45) is 0 Å². The molecule has 1 aliphatic heterocycles. The number of anilines is 1. The van der Waals surface area contributed by atoms with Crippen LogP contribution in [0.3, 0.4) is 0 Å². The average molecular weight is 323 g/mol. The number of nitrogens with one attached hydrogen (secondary N) is 1. The van der Waals surface area contributed by atoms with Gasteiger partial charge in [-0.05, 0) is 23.8 Å². The zero-order valence-corrected chi connectivity index (χ0v) is 12.8. The largest absolute Gasteiger partial charge is 0.378 e. The molecule has 1 aliphatic rings. The summed E-state index contributed by atoms with van der Waals surface area (Å²) < 4.78 is 19.2. The van der Waals surface area contributed by atoms with Gasteiger partial charge in [-0.15, -0.1) is 0 Å². The van der Waals surface area contributed by atoms with Gasteiger partial charge in [-0.3, -0.25) is 0 Å². The molecule has 0 saturated carbocycles. The van der Waals surface area contributed by atoms with Crippen LogP contribution in [-0.2, 0) is 4.74 Å². The lowest BCUT2D eigenvalue weighted by atomic mass is 10.0. The molecule has 1 saturated heterocycles. The van der Waals surface area contributed by atoms with E-state index in [1.54, 1.807) is 12.3 Å². The summed E-state index contributed by atoms with van der Waals surface area (Å²) in [5.74, 6) is 0.352. The van der Waals surface area contributed by atoms with Crippen molar-refractivity contribution < 1.29 is 9.13 Å². The first-order valence-corrected chi connectivity index (χ1v) is 7.62. The van der Waals surface area contributed by atoms with E-state index in [0.29, 0.717) is 24.4 Å². The van der Waals surface area contributed by atoms with Gasteiger partial charge in [-0.25, -0.2) is 14.4 Å². The summed E-state index contributed by atoms with van der Waals surface area (Å²) in [6, 6.07) is 6.29. The summed E-state index contributed by atoms with van der Waals surface area (Å²) in [6.45, 7) is 2.76. The number of hydrogen-bond acceptors (Lipinski definition) is 5. The van der Waals surface area contributed by atoms with Gasteiger partial charge in [0, 0.05) is 24.8 Å². The molecule has 0 atom stereocenters. The van der Waals surface area contributed by atoms with E-state index in [9.17, 15) is 4.39 Å². The van der Waals surface area contributed by atoms with E-state index in [0.717, 1.165) is 29.9 Å². The minimum atomic E-state index is -0.442. The van der Waals surface area contributed by atoms with E-state index in [2.05, 4.69) is 19.9 Å². The molecule has 24 heavy (non-hydrogen) atoms. The van der Waals surface area contributed by atoms with Gasteiger partial charge in [0.2, 0.25) is 0 Å². The first kappa shape index (κ1) is 14.6. The molecule has 7 heteroatoms. The standard InChI is InChI=1S/C17H14FN5O/c18-13-6-11(8-19)5-12(7-13)14-9-20-16-15(14)17(22-10-21-16)23-1-3-24-4-2-23/h5-7,9-10H,1-4H2,(H,20,21,22). The quantitative estimate of drug-likeness (QED) is 0.784. The Hall–Kier alpha value is -2.98. The first-order chi connectivity index (χ1) is 11.8. The highest BCUT2D eigenvalue weighted by atomic mass is 19.1. The Morgan fingerprint density at radius 2 is 2.04 bits per heavy atom. The van der Waals surface area contributed by atoms with Gasteiger partial charge in [0.15, 0.2) is 0 Å². The summed E-state index contributed by atoms with van der Waals surface area (Å²) in [4.78, 5) is 13.9. The van der Waals surface area contributed by atoms with Gasteiger partial charge in [0.05, 0.1) is 30.2 Å². The number of ether oxygens (including phenoxy) is 1. The molecular formula is C17H14FN5O. The van der Waals surface area contributed by atoms with Crippen LogP contribution < -0.4 is 4.90 Å². The number of benzene rings is 1. The van der Waals surface area contributed by atoms with Gasteiger partial charge in [0.25, 0.3) is 0 Å². The Morgan fingerprint density at radius 3 is 2.83 bits per heavy atom. The van der Waals surface area contributed by atoms with E-state index in [1.807, 2.05) is 6.07 Å². The van der Waals surface area contributed by atoms with Gasteiger partial charge < -0.3 is 14.6 Å². The third-order valence-electron chi connectivity index (χ3n) is 4.10. The van der Waals surface area contributed by atoms with E-state index >= 15 is 0 Å². The molecule has 6 nitrogen and oxygen atoms in total. The van der Waals surface area contributed by atoms with E-state index in [1.165, 1.54) is 18.5 Å². The minimum absolute atomic E-state index is 0.282. The van der Waals surface area contributed by atoms with Crippen LogP contribution in [0.15, 0.2) is 30.7 Å². The van der Waals surface area contributed by atoms with Gasteiger partial charge in [-0.1, -0.05) is 0 Å². The van der Waals surface area contributed by atoms with E-state index in [-0.39, 0.29) is 5.56 Å². The third-order valence-corrected chi connectivity index (χ3v) is 4.10. The number of halogens is 1. The molecule has 0 radical (unpaired) electrons. The lowest BCUT2D eigenvalue weighted by Gasteiger charge is -2.28. The Bertz CT molecular complexity index is 940. The number of H-pyrrole nitrogens is 1. The van der Waals surface area contributed by atoms with Crippen molar-refractivity contribution in [1.29, 1.82) is 5.26 Å². The van der Waals surface area contributed by atoms with Crippen LogP contribution in [0.4, 0.5) is 10.2 Å². The Morgan fingerprint density at radius 1 is 1.21 bits per heavy atom.